The molecule has 114 valence electrons. The van der Waals surface area contributed by atoms with E-state index in [1.54, 1.807) is 0 Å². The standard InChI is InChI=1S/C17H17O4Si/c1-2-8-13(7-1)22(18-14-9-3-4-10-15(14)19-22)20-16-11-5-6-12-17(16)21-22/h3-6,9-13H,1-2,7-8H2/q-1. The molecule has 0 radical (unpaired) electrons. The van der Waals surface area contributed by atoms with E-state index in [2.05, 4.69) is 0 Å². The van der Waals surface area contributed by atoms with Crippen molar-refractivity contribution in [1.82, 2.24) is 0 Å². The van der Waals surface area contributed by atoms with Crippen LogP contribution in [-0.2, 0) is 0 Å². The van der Waals surface area contributed by atoms with Crippen LogP contribution in [0.25, 0.3) is 0 Å². The molecule has 22 heavy (non-hydrogen) atoms. The Labute approximate surface area is 129 Å². The van der Waals surface area contributed by atoms with Crippen LogP contribution >= 0.6 is 0 Å². The van der Waals surface area contributed by atoms with Gasteiger partial charge in [-0.15, -0.1) is 0 Å². The Morgan fingerprint density at radius 2 is 1.00 bits per heavy atom. The molecule has 1 aliphatic carbocycles. The van der Waals surface area contributed by atoms with Crippen LogP contribution in [0.15, 0.2) is 48.5 Å². The van der Waals surface area contributed by atoms with Crippen molar-refractivity contribution < 1.29 is 17.7 Å². The van der Waals surface area contributed by atoms with Gasteiger partial charge in [-0.3, -0.25) is 0 Å². The van der Waals surface area contributed by atoms with Crippen molar-refractivity contribution in [2.45, 2.75) is 31.2 Å². The Kier molecular flexibility index (Phi) is 2.25. The van der Waals surface area contributed by atoms with Crippen molar-refractivity contribution in [3.05, 3.63) is 48.5 Å². The van der Waals surface area contributed by atoms with E-state index in [4.69, 9.17) is 17.7 Å². The van der Waals surface area contributed by atoms with Gasteiger partial charge in [-0.05, 0) is 0 Å². The fourth-order valence-electron chi connectivity index (χ4n) is 3.89. The van der Waals surface area contributed by atoms with E-state index in [-0.39, 0.29) is 5.54 Å². The van der Waals surface area contributed by atoms with Gasteiger partial charge in [0.05, 0.1) is 0 Å². The molecule has 4 nitrogen and oxygen atoms in total. The molecule has 2 aromatic carbocycles. The van der Waals surface area contributed by atoms with Crippen LogP contribution in [0.1, 0.15) is 25.7 Å². The predicted molar refractivity (Wildman–Crippen MR) is 83.4 cm³/mol. The van der Waals surface area contributed by atoms with Crippen molar-refractivity contribution >= 4 is 8.33 Å². The molecule has 5 heteroatoms. The fourth-order valence-corrected chi connectivity index (χ4v) is 8.41. The molecule has 1 fully saturated rings. The second kappa shape index (κ2) is 3.98. The first-order valence-corrected chi connectivity index (χ1v) is 10.1. The zero-order valence-electron chi connectivity index (χ0n) is 12.2. The third kappa shape index (κ3) is 1.46. The average Bonchev–Trinajstić information content (AvgIpc) is 3.23. The van der Waals surface area contributed by atoms with Crippen LogP contribution in [0.5, 0.6) is 23.0 Å². The second-order valence-electron chi connectivity index (χ2n) is 6.25. The zero-order chi connectivity index (χ0) is 14.6. The van der Waals surface area contributed by atoms with Crippen LogP contribution in [0.3, 0.4) is 0 Å². The van der Waals surface area contributed by atoms with Crippen LogP contribution in [0, 0.1) is 0 Å². The number of benzene rings is 2. The summed E-state index contributed by atoms with van der Waals surface area (Å²) < 4.78 is 25.6. The summed E-state index contributed by atoms with van der Waals surface area (Å²) in [5.74, 6) is 2.93. The van der Waals surface area contributed by atoms with Gasteiger partial charge in [0.15, 0.2) is 0 Å². The van der Waals surface area contributed by atoms with Crippen LogP contribution in [0.4, 0.5) is 0 Å². The van der Waals surface area contributed by atoms with Gasteiger partial charge in [-0.2, -0.15) is 0 Å². The maximum atomic E-state index is 6.40. The van der Waals surface area contributed by atoms with Gasteiger partial charge >= 0.3 is 129 Å². The molecular weight excluding hydrogens is 296 g/mol. The van der Waals surface area contributed by atoms with Gasteiger partial charge in [0.25, 0.3) is 0 Å². The van der Waals surface area contributed by atoms with Gasteiger partial charge in [-0.1, -0.05) is 0 Å². The molecule has 2 aromatic rings. The Hall–Kier alpha value is -2.14. The van der Waals surface area contributed by atoms with Crippen LogP contribution < -0.4 is 17.7 Å². The second-order valence-corrected chi connectivity index (χ2v) is 9.83. The van der Waals surface area contributed by atoms with Gasteiger partial charge in [0.1, 0.15) is 0 Å². The van der Waals surface area contributed by atoms with Gasteiger partial charge in [0.2, 0.25) is 0 Å². The van der Waals surface area contributed by atoms with Gasteiger partial charge in [-0.25, -0.2) is 0 Å². The van der Waals surface area contributed by atoms with Gasteiger partial charge in [0, 0.05) is 0 Å². The van der Waals surface area contributed by atoms with Crippen molar-refractivity contribution in [1.29, 1.82) is 0 Å². The monoisotopic (exact) mass is 313 g/mol. The number of fused-ring (bicyclic) bond motifs is 2. The molecule has 0 atom stereocenters. The summed E-state index contributed by atoms with van der Waals surface area (Å²) >= 11 is 0. The van der Waals surface area contributed by atoms with Gasteiger partial charge < -0.3 is 0 Å². The quantitative estimate of drug-likeness (QED) is 0.737. The molecule has 0 N–H and O–H groups in total. The zero-order valence-corrected chi connectivity index (χ0v) is 13.2. The molecule has 5 rings (SSSR count). The third-order valence-electron chi connectivity index (χ3n) is 4.90. The van der Waals surface area contributed by atoms with E-state index >= 15 is 0 Å². The first-order valence-electron chi connectivity index (χ1n) is 7.89. The maximum absolute atomic E-state index is 6.40. The van der Waals surface area contributed by atoms with Crippen molar-refractivity contribution in [2.75, 3.05) is 0 Å². The SMILES string of the molecule is c1ccc2c(c1)O[Si-]1(C3CCCC3)(O2)Oc2ccccc2O1. The molecule has 3 aliphatic rings. The first kappa shape index (κ1) is 12.4. The number of hydrogen-bond donors (Lipinski definition) is 0. The van der Waals surface area contributed by atoms with E-state index in [9.17, 15) is 0 Å². The van der Waals surface area contributed by atoms with Crippen molar-refractivity contribution in [2.24, 2.45) is 0 Å². The summed E-state index contributed by atoms with van der Waals surface area (Å²) in [7, 11) is -4.00. The Balaban J connectivity index is 1.67. The summed E-state index contributed by atoms with van der Waals surface area (Å²) in [4.78, 5) is 0. The van der Waals surface area contributed by atoms with Crippen molar-refractivity contribution in [3.8, 4) is 23.0 Å². The summed E-state index contributed by atoms with van der Waals surface area (Å²) in [5.41, 5.74) is 0.180. The third-order valence-corrected chi connectivity index (χ3v) is 9.16. The van der Waals surface area contributed by atoms with Crippen molar-refractivity contribution in [3.63, 3.8) is 0 Å². The Bertz CT molecular complexity index is 641. The molecule has 2 aliphatic heterocycles. The minimum atomic E-state index is -4.00. The Morgan fingerprint density at radius 3 is 1.36 bits per heavy atom. The summed E-state index contributed by atoms with van der Waals surface area (Å²) in [6, 6.07) is 15.5. The first-order chi connectivity index (χ1) is 10.8. The fraction of sp³-hybridized carbons (Fsp3) is 0.294. The Morgan fingerprint density at radius 1 is 0.636 bits per heavy atom. The molecule has 0 unspecified atom stereocenters. The number of hydrogen-bond acceptors (Lipinski definition) is 4. The van der Waals surface area contributed by atoms with E-state index in [0.29, 0.717) is 0 Å². The normalized spacial score (nSPS) is 25.0. The minimum absolute atomic E-state index is 0.180. The number of rotatable bonds is 1. The molecular formula is C17H17O4Si-. The topological polar surface area (TPSA) is 36.9 Å². The molecule has 0 bridgehead atoms. The molecule has 0 saturated heterocycles. The molecule has 2 heterocycles. The molecule has 1 saturated carbocycles. The van der Waals surface area contributed by atoms with Crippen LogP contribution in [-0.4, -0.2) is 8.33 Å². The molecule has 1 spiro atoms. The van der Waals surface area contributed by atoms with E-state index in [1.807, 2.05) is 48.5 Å². The summed E-state index contributed by atoms with van der Waals surface area (Å²) in [5, 5.41) is 0. The molecule has 0 amide bonds. The summed E-state index contributed by atoms with van der Waals surface area (Å²) in [6.07, 6.45) is 4.38. The molecule has 0 aromatic heterocycles. The number of para-hydroxylation sites is 4. The van der Waals surface area contributed by atoms with E-state index in [0.717, 1.165) is 35.8 Å². The summed E-state index contributed by atoms with van der Waals surface area (Å²) in [6.45, 7) is 0. The van der Waals surface area contributed by atoms with E-state index in [1.165, 1.54) is 12.8 Å². The average molecular weight is 313 g/mol. The van der Waals surface area contributed by atoms with Crippen LogP contribution in [0.2, 0.25) is 5.54 Å². The predicted octanol–water partition coefficient (Wildman–Crippen LogP) is 4.26. The van der Waals surface area contributed by atoms with E-state index < -0.39 is 8.33 Å².